The minimum absolute atomic E-state index is 0.192. The van der Waals surface area contributed by atoms with Gasteiger partial charge in [0.1, 0.15) is 22.4 Å². The SMILES string of the molecule is CNc1ncnc2c1c1c(c(=S)n2C)COC(C)(C)C1. The van der Waals surface area contributed by atoms with Crippen LogP contribution in [0.3, 0.4) is 0 Å². The zero-order chi connectivity index (χ0) is 14.5. The van der Waals surface area contributed by atoms with Gasteiger partial charge in [-0.15, -0.1) is 0 Å². The van der Waals surface area contributed by atoms with Gasteiger partial charge in [-0.1, -0.05) is 12.2 Å². The first kappa shape index (κ1) is 13.5. The van der Waals surface area contributed by atoms with Gasteiger partial charge in [-0.05, 0) is 19.4 Å². The fraction of sp³-hybridized carbons (Fsp3) is 0.500. The van der Waals surface area contributed by atoms with Crippen LogP contribution >= 0.6 is 12.2 Å². The van der Waals surface area contributed by atoms with Gasteiger partial charge < -0.3 is 14.6 Å². The second-order valence-electron chi connectivity index (χ2n) is 5.72. The van der Waals surface area contributed by atoms with Crippen LogP contribution in [-0.4, -0.2) is 27.2 Å². The molecule has 0 bridgehead atoms. The van der Waals surface area contributed by atoms with Crippen LogP contribution in [0.4, 0.5) is 5.82 Å². The lowest BCUT2D eigenvalue weighted by molar-refractivity contribution is -0.0401. The molecule has 20 heavy (non-hydrogen) atoms. The molecule has 0 unspecified atom stereocenters. The van der Waals surface area contributed by atoms with E-state index in [0.29, 0.717) is 6.61 Å². The maximum absolute atomic E-state index is 5.91. The first-order chi connectivity index (χ1) is 9.44. The minimum Gasteiger partial charge on any atom is -0.372 e. The summed E-state index contributed by atoms with van der Waals surface area (Å²) in [4.78, 5) is 8.75. The zero-order valence-corrected chi connectivity index (χ0v) is 13.0. The molecule has 3 rings (SSSR count). The largest absolute Gasteiger partial charge is 0.372 e. The van der Waals surface area contributed by atoms with Crippen molar-refractivity contribution in [2.24, 2.45) is 7.05 Å². The number of aryl methyl sites for hydroxylation is 1. The maximum Gasteiger partial charge on any atom is 0.146 e. The van der Waals surface area contributed by atoms with Crippen LogP contribution in [0.1, 0.15) is 25.0 Å². The summed E-state index contributed by atoms with van der Waals surface area (Å²) in [6, 6.07) is 0. The second kappa shape index (κ2) is 4.49. The molecule has 0 spiro atoms. The van der Waals surface area contributed by atoms with Gasteiger partial charge in [-0.25, -0.2) is 9.97 Å². The molecule has 3 heterocycles. The van der Waals surface area contributed by atoms with Gasteiger partial charge in [0.05, 0.1) is 17.6 Å². The van der Waals surface area contributed by atoms with Crippen molar-refractivity contribution in [1.29, 1.82) is 0 Å². The summed E-state index contributed by atoms with van der Waals surface area (Å²) in [6.07, 6.45) is 2.38. The van der Waals surface area contributed by atoms with E-state index < -0.39 is 0 Å². The van der Waals surface area contributed by atoms with Gasteiger partial charge in [0.2, 0.25) is 0 Å². The summed E-state index contributed by atoms with van der Waals surface area (Å²) in [7, 11) is 3.82. The van der Waals surface area contributed by atoms with Gasteiger partial charge >= 0.3 is 0 Å². The number of hydrogen-bond acceptors (Lipinski definition) is 5. The van der Waals surface area contributed by atoms with E-state index in [2.05, 4.69) is 29.1 Å². The Balaban J connectivity index is 2.45. The van der Waals surface area contributed by atoms with E-state index in [0.717, 1.165) is 33.5 Å². The molecule has 1 aliphatic heterocycles. The fourth-order valence-corrected chi connectivity index (χ4v) is 3.03. The third kappa shape index (κ3) is 1.91. The quantitative estimate of drug-likeness (QED) is 0.818. The number of aromatic nitrogens is 3. The molecule has 2 aromatic rings. The van der Waals surface area contributed by atoms with Crippen LogP contribution in [0.2, 0.25) is 0 Å². The first-order valence-corrected chi connectivity index (χ1v) is 7.02. The molecular formula is C14H18N4OS. The number of pyridine rings is 1. The highest BCUT2D eigenvalue weighted by atomic mass is 32.1. The second-order valence-corrected chi connectivity index (χ2v) is 6.10. The molecule has 0 aliphatic carbocycles. The van der Waals surface area contributed by atoms with Crippen molar-refractivity contribution in [2.45, 2.75) is 32.5 Å². The zero-order valence-electron chi connectivity index (χ0n) is 12.1. The summed E-state index contributed by atoms with van der Waals surface area (Å²) in [5, 5.41) is 4.21. The Morgan fingerprint density at radius 3 is 2.80 bits per heavy atom. The van der Waals surface area contributed by atoms with Crippen molar-refractivity contribution in [1.82, 2.24) is 14.5 Å². The molecule has 1 aliphatic rings. The number of anilines is 1. The van der Waals surface area contributed by atoms with E-state index in [9.17, 15) is 0 Å². The van der Waals surface area contributed by atoms with Crippen LogP contribution in [0, 0.1) is 4.64 Å². The lowest BCUT2D eigenvalue weighted by Crippen LogP contribution is -2.33. The number of ether oxygens (including phenoxy) is 1. The van der Waals surface area contributed by atoms with Gasteiger partial charge in [0.25, 0.3) is 0 Å². The Morgan fingerprint density at radius 2 is 2.10 bits per heavy atom. The number of hydrogen-bond donors (Lipinski definition) is 1. The van der Waals surface area contributed by atoms with Gasteiger partial charge in [0, 0.05) is 26.1 Å². The fourth-order valence-electron chi connectivity index (χ4n) is 2.76. The van der Waals surface area contributed by atoms with Crippen molar-refractivity contribution in [3.8, 4) is 0 Å². The first-order valence-electron chi connectivity index (χ1n) is 6.62. The predicted molar refractivity (Wildman–Crippen MR) is 81.5 cm³/mol. The van der Waals surface area contributed by atoms with E-state index >= 15 is 0 Å². The summed E-state index contributed by atoms with van der Waals surface area (Å²) in [5.41, 5.74) is 2.97. The molecule has 2 aromatic heterocycles. The summed E-state index contributed by atoms with van der Waals surface area (Å²) < 4.78 is 8.64. The van der Waals surface area contributed by atoms with Crippen molar-refractivity contribution in [3.05, 3.63) is 22.1 Å². The topological polar surface area (TPSA) is 52.0 Å². The molecule has 0 atom stereocenters. The van der Waals surface area contributed by atoms with E-state index in [1.807, 2.05) is 18.7 Å². The highest BCUT2D eigenvalue weighted by Crippen LogP contribution is 2.35. The summed E-state index contributed by atoms with van der Waals surface area (Å²) >= 11 is 5.56. The number of rotatable bonds is 1. The lowest BCUT2D eigenvalue weighted by atomic mass is 9.90. The van der Waals surface area contributed by atoms with Crippen LogP contribution in [-0.2, 0) is 24.8 Å². The lowest BCUT2D eigenvalue weighted by Gasteiger charge is -2.33. The molecule has 0 saturated heterocycles. The van der Waals surface area contributed by atoms with Crippen LogP contribution in [0.25, 0.3) is 11.0 Å². The smallest absolute Gasteiger partial charge is 0.146 e. The number of fused-ring (bicyclic) bond motifs is 3. The minimum atomic E-state index is -0.192. The van der Waals surface area contributed by atoms with Crippen molar-refractivity contribution < 1.29 is 4.74 Å². The summed E-state index contributed by atoms with van der Waals surface area (Å²) in [6.45, 7) is 4.74. The van der Waals surface area contributed by atoms with Crippen LogP contribution < -0.4 is 5.32 Å². The molecule has 0 amide bonds. The third-order valence-corrected chi connectivity index (χ3v) is 4.34. The molecule has 5 nitrogen and oxygen atoms in total. The number of nitrogens with one attached hydrogen (secondary N) is 1. The molecule has 1 N–H and O–H groups in total. The van der Waals surface area contributed by atoms with E-state index in [1.54, 1.807) is 6.33 Å². The molecule has 106 valence electrons. The Hall–Kier alpha value is -1.53. The Bertz CT molecular complexity index is 751. The van der Waals surface area contributed by atoms with Crippen molar-refractivity contribution >= 4 is 29.1 Å². The van der Waals surface area contributed by atoms with Gasteiger partial charge in [-0.2, -0.15) is 0 Å². The van der Waals surface area contributed by atoms with E-state index in [4.69, 9.17) is 17.0 Å². The highest BCUT2D eigenvalue weighted by Gasteiger charge is 2.30. The number of nitrogens with zero attached hydrogens (tertiary/aromatic N) is 3. The average Bonchev–Trinajstić information content (AvgIpc) is 2.43. The average molecular weight is 290 g/mol. The van der Waals surface area contributed by atoms with Crippen molar-refractivity contribution in [3.63, 3.8) is 0 Å². The standard InChI is InChI=1S/C14H18N4OS/c1-14(2)5-8-9(6-19-14)13(20)18(4)12-10(8)11(15-3)16-7-17-12/h7H,5-6H2,1-4H3,(H,15,16,17). The Kier molecular flexibility index (Phi) is 3.02. The highest BCUT2D eigenvalue weighted by molar-refractivity contribution is 7.71. The summed E-state index contributed by atoms with van der Waals surface area (Å²) in [5.74, 6) is 0.842. The molecule has 6 heteroatoms. The predicted octanol–water partition coefficient (Wildman–Crippen LogP) is 2.59. The molecule has 0 radical (unpaired) electrons. The molecular weight excluding hydrogens is 272 g/mol. The third-order valence-electron chi connectivity index (χ3n) is 3.82. The van der Waals surface area contributed by atoms with Gasteiger partial charge in [-0.3, -0.25) is 0 Å². The normalized spacial score (nSPS) is 17.0. The van der Waals surface area contributed by atoms with Crippen molar-refractivity contribution in [2.75, 3.05) is 12.4 Å². The Morgan fingerprint density at radius 1 is 1.35 bits per heavy atom. The molecule has 0 fully saturated rings. The van der Waals surface area contributed by atoms with Crippen LogP contribution in [0.5, 0.6) is 0 Å². The monoisotopic (exact) mass is 290 g/mol. The molecule has 0 saturated carbocycles. The maximum atomic E-state index is 5.91. The van der Waals surface area contributed by atoms with E-state index in [1.165, 1.54) is 5.56 Å². The Labute approximate surface area is 123 Å². The van der Waals surface area contributed by atoms with Gasteiger partial charge in [0.15, 0.2) is 0 Å². The van der Waals surface area contributed by atoms with E-state index in [-0.39, 0.29) is 5.60 Å². The van der Waals surface area contributed by atoms with Crippen LogP contribution in [0.15, 0.2) is 6.33 Å². The molecule has 0 aromatic carbocycles.